The molecule has 0 unspecified atom stereocenters. The van der Waals surface area contributed by atoms with Gasteiger partial charge >= 0.3 is 0 Å². The van der Waals surface area contributed by atoms with Gasteiger partial charge in [-0.3, -0.25) is 0 Å². The van der Waals surface area contributed by atoms with Crippen LogP contribution in [-0.4, -0.2) is 11.2 Å². The molecule has 0 aromatic carbocycles. The summed E-state index contributed by atoms with van der Waals surface area (Å²) in [5.41, 5.74) is 0. The molecule has 1 N–H and O–H groups in total. The first-order chi connectivity index (χ1) is 6.11. The van der Waals surface area contributed by atoms with Gasteiger partial charge in [-0.25, -0.2) is 0 Å². The Hall–Kier alpha value is 0.400. The number of halogens is 2. The van der Waals surface area contributed by atoms with Crippen LogP contribution in [-0.2, 0) is 0 Å². The number of hydrogen-bond acceptors (Lipinski definition) is 1. The molecule has 0 radical (unpaired) electrons. The third-order valence-electron chi connectivity index (χ3n) is 1.86. The molecule has 0 aliphatic carbocycles. The lowest BCUT2D eigenvalue weighted by Crippen LogP contribution is -2.17. The molecule has 0 saturated heterocycles. The minimum absolute atomic E-state index is 0.159. The summed E-state index contributed by atoms with van der Waals surface area (Å²) < 4.78 is 0.891. The van der Waals surface area contributed by atoms with Crippen molar-refractivity contribution in [1.29, 1.82) is 0 Å². The normalized spacial score (nSPS) is 14.8. The molecule has 1 nitrogen and oxygen atoms in total. The highest BCUT2D eigenvalue weighted by Gasteiger charge is 2.14. The van der Waals surface area contributed by atoms with Gasteiger partial charge < -0.3 is 5.11 Å². The zero-order valence-electron chi connectivity index (χ0n) is 7.84. The fourth-order valence-corrected chi connectivity index (χ4v) is 1.88. The lowest BCUT2D eigenvalue weighted by molar-refractivity contribution is 0.121. The molecule has 0 aromatic heterocycles. The maximum Gasteiger partial charge on any atom is 0.0606 e. The highest BCUT2D eigenvalue weighted by molar-refractivity contribution is 9.28. The van der Waals surface area contributed by atoms with Crippen molar-refractivity contribution in [2.45, 2.75) is 32.3 Å². The first kappa shape index (κ1) is 13.4. The minimum Gasteiger partial charge on any atom is -0.393 e. The molecule has 0 spiro atoms. The summed E-state index contributed by atoms with van der Waals surface area (Å²) in [4.78, 5) is 0. The van der Waals surface area contributed by atoms with E-state index in [1.807, 2.05) is 12.2 Å². The van der Waals surface area contributed by atoms with Gasteiger partial charge in [0.15, 0.2) is 0 Å². The smallest absolute Gasteiger partial charge is 0.0606 e. The Balaban J connectivity index is 4.22. The Bertz CT molecular complexity index is 174. The second kappa shape index (κ2) is 7.77. The summed E-state index contributed by atoms with van der Waals surface area (Å²) in [6.07, 6.45) is 6.19. The fraction of sp³-hybridized carbons (Fsp3) is 0.600. The molecule has 0 fully saturated rings. The number of hydrogen-bond donors (Lipinski definition) is 1. The van der Waals surface area contributed by atoms with Gasteiger partial charge in [0.1, 0.15) is 0 Å². The van der Waals surface area contributed by atoms with Crippen molar-refractivity contribution in [3.63, 3.8) is 0 Å². The topological polar surface area (TPSA) is 20.2 Å². The maximum absolute atomic E-state index is 9.75. The van der Waals surface area contributed by atoms with E-state index >= 15 is 0 Å². The van der Waals surface area contributed by atoms with Gasteiger partial charge in [0.2, 0.25) is 0 Å². The van der Waals surface area contributed by atoms with Crippen LogP contribution in [0.4, 0.5) is 0 Å². The Labute approximate surface area is 97.2 Å². The molecular weight excluding hydrogens is 296 g/mol. The lowest BCUT2D eigenvalue weighted by atomic mass is 9.95. The number of rotatable bonds is 6. The van der Waals surface area contributed by atoms with Crippen molar-refractivity contribution in [3.8, 4) is 0 Å². The predicted octanol–water partition coefficient (Wildman–Crippen LogP) is 3.97. The van der Waals surface area contributed by atoms with E-state index in [0.717, 1.165) is 22.7 Å². The van der Waals surface area contributed by atoms with E-state index in [4.69, 9.17) is 0 Å². The molecule has 0 bridgehead atoms. The molecular formula is C10H16Br2O. The third kappa shape index (κ3) is 6.47. The minimum atomic E-state index is -0.270. The first-order valence-electron chi connectivity index (χ1n) is 4.43. The Morgan fingerprint density at radius 1 is 1.54 bits per heavy atom. The molecule has 3 heteroatoms. The fourth-order valence-electron chi connectivity index (χ4n) is 1.20. The van der Waals surface area contributed by atoms with Crippen LogP contribution in [0.25, 0.3) is 0 Å². The Morgan fingerprint density at radius 3 is 2.54 bits per heavy atom. The van der Waals surface area contributed by atoms with Gasteiger partial charge in [0.25, 0.3) is 0 Å². The zero-order valence-corrected chi connectivity index (χ0v) is 11.0. The van der Waals surface area contributed by atoms with Crippen LogP contribution >= 0.6 is 31.9 Å². The Morgan fingerprint density at radius 2 is 2.15 bits per heavy atom. The van der Waals surface area contributed by atoms with Gasteiger partial charge in [-0.15, -0.1) is 6.58 Å². The Kier molecular flexibility index (Phi) is 8.01. The van der Waals surface area contributed by atoms with Crippen LogP contribution < -0.4 is 0 Å². The van der Waals surface area contributed by atoms with Crippen LogP contribution in [0.3, 0.4) is 0 Å². The summed E-state index contributed by atoms with van der Waals surface area (Å²) in [6, 6.07) is 0. The molecule has 2 atom stereocenters. The maximum atomic E-state index is 9.75. The van der Waals surface area contributed by atoms with E-state index in [1.54, 1.807) is 0 Å². The molecule has 76 valence electrons. The summed E-state index contributed by atoms with van der Waals surface area (Å²) in [7, 11) is 0. The van der Waals surface area contributed by atoms with Crippen molar-refractivity contribution < 1.29 is 5.11 Å². The van der Waals surface area contributed by atoms with Gasteiger partial charge in [-0.2, -0.15) is 0 Å². The highest BCUT2D eigenvalue weighted by atomic mass is 79.9. The SMILES string of the molecule is C=CC[C@@H](C=C(Br)Br)[C@H](O)CCC. The van der Waals surface area contributed by atoms with Crippen molar-refractivity contribution in [2.75, 3.05) is 0 Å². The van der Waals surface area contributed by atoms with Crippen molar-refractivity contribution >= 4 is 31.9 Å². The largest absolute Gasteiger partial charge is 0.393 e. The van der Waals surface area contributed by atoms with E-state index in [9.17, 15) is 5.11 Å². The molecule has 0 aliphatic rings. The van der Waals surface area contributed by atoms with Gasteiger partial charge in [0.05, 0.1) is 9.50 Å². The van der Waals surface area contributed by atoms with Crippen LogP contribution in [0.15, 0.2) is 22.1 Å². The van der Waals surface area contributed by atoms with Crippen LogP contribution in [0, 0.1) is 5.92 Å². The van der Waals surface area contributed by atoms with Gasteiger partial charge in [0, 0.05) is 5.92 Å². The summed E-state index contributed by atoms with van der Waals surface area (Å²) >= 11 is 6.59. The van der Waals surface area contributed by atoms with Crippen LogP contribution in [0.1, 0.15) is 26.2 Å². The van der Waals surface area contributed by atoms with Crippen molar-refractivity contribution in [1.82, 2.24) is 0 Å². The third-order valence-corrected chi connectivity index (χ3v) is 2.39. The standard InChI is InChI=1S/C10H16Br2O/c1-3-5-8(7-10(11)12)9(13)6-4-2/h3,7-9,13H,1,4-6H2,2H3/t8-,9+/m0/s1. The zero-order chi connectivity index (χ0) is 10.3. The molecule has 0 aliphatic heterocycles. The molecule has 0 saturated carbocycles. The van der Waals surface area contributed by atoms with Crippen molar-refractivity contribution in [3.05, 3.63) is 22.1 Å². The molecule has 0 amide bonds. The monoisotopic (exact) mass is 310 g/mol. The van der Waals surface area contributed by atoms with Crippen LogP contribution in [0.5, 0.6) is 0 Å². The van der Waals surface area contributed by atoms with E-state index in [2.05, 4.69) is 45.4 Å². The summed E-state index contributed by atoms with van der Waals surface area (Å²) in [5, 5.41) is 9.75. The van der Waals surface area contributed by atoms with Crippen molar-refractivity contribution in [2.24, 2.45) is 5.92 Å². The van der Waals surface area contributed by atoms with E-state index in [-0.39, 0.29) is 12.0 Å². The summed E-state index contributed by atoms with van der Waals surface area (Å²) in [5.74, 6) is 0.159. The average Bonchev–Trinajstić information content (AvgIpc) is 2.03. The second-order valence-corrected chi connectivity index (χ2v) is 5.77. The van der Waals surface area contributed by atoms with E-state index in [1.165, 1.54) is 0 Å². The lowest BCUT2D eigenvalue weighted by Gasteiger charge is -2.17. The number of allylic oxidation sites excluding steroid dienone is 1. The highest BCUT2D eigenvalue weighted by Crippen LogP contribution is 2.22. The second-order valence-electron chi connectivity index (χ2n) is 3.00. The number of aliphatic hydroxyl groups is 1. The molecule has 0 heterocycles. The van der Waals surface area contributed by atoms with Crippen LogP contribution in [0.2, 0.25) is 0 Å². The quantitative estimate of drug-likeness (QED) is 0.736. The molecule has 0 aromatic rings. The van der Waals surface area contributed by atoms with E-state index < -0.39 is 0 Å². The predicted molar refractivity (Wildman–Crippen MR) is 65.2 cm³/mol. The van der Waals surface area contributed by atoms with Gasteiger partial charge in [-0.1, -0.05) is 25.5 Å². The first-order valence-corrected chi connectivity index (χ1v) is 6.02. The average molecular weight is 312 g/mol. The number of aliphatic hydroxyl groups excluding tert-OH is 1. The van der Waals surface area contributed by atoms with Gasteiger partial charge in [-0.05, 0) is 44.7 Å². The van der Waals surface area contributed by atoms with E-state index in [0.29, 0.717) is 0 Å². The molecule has 0 rings (SSSR count). The molecule has 13 heavy (non-hydrogen) atoms. The summed E-state index contributed by atoms with van der Waals surface area (Å²) in [6.45, 7) is 5.75.